The molecule has 0 unspecified atom stereocenters. The Morgan fingerprint density at radius 1 is 0.826 bits per heavy atom. The fourth-order valence-electron chi connectivity index (χ4n) is 2.64. The second-order valence-electron chi connectivity index (χ2n) is 5.79. The molecule has 1 rings (SSSR count). The molecule has 128 valence electrons. The summed E-state index contributed by atoms with van der Waals surface area (Å²) in [6, 6.07) is 5.09. The van der Waals surface area contributed by atoms with Crippen LogP contribution < -0.4 is 0 Å². The van der Waals surface area contributed by atoms with Gasteiger partial charge >= 0.3 is 11.9 Å². The van der Waals surface area contributed by atoms with E-state index < -0.39 is 11.9 Å². The molecule has 0 radical (unpaired) electrons. The van der Waals surface area contributed by atoms with Crippen LogP contribution in [-0.4, -0.2) is 22.2 Å². The number of rotatable bonds is 12. The van der Waals surface area contributed by atoms with Crippen LogP contribution in [0.5, 0.6) is 0 Å². The molecule has 5 heteroatoms. The molecule has 0 aliphatic rings. The Hall–Kier alpha value is -1.91. The second-order valence-corrected chi connectivity index (χ2v) is 5.79. The maximum Gasteiger partial charge on any atom is 0.303 e. The summed E-state index contributed by atoms with van der Waals surface area (Å²) < 4.78 is 14.0. The third-order valence-electron chi connectivity index (χ3n) is 3.87. The predicted molar refractivity (Wildman–Crippen MR) is 86.0 cm³/mol. The molecule has 0 bridgehead atoms. The molecule has 1 aromatic carbocycles. The molecule has 0 amide bonds. The van der Waals surface area contributed by atoms with Crippen LogP contribution in [0.3, 0.4) is 0 Å². The topological polar surface area (TPSA) is 74.6 Å². The minimum atomic E-state index is -0.794. The molecule has 0 heterocycles. The van der Waals surface area contributed by atoms with Gasteiger partial charge in [0.2, 0.25) is 0 Å². The molecule has 0 aliphatic heterocycles. The van der Waals surface area contributed by atoms with Crippen molar-refractivity contribution in [3.63, 3.8) is 0 Å². The number of carbonyl (C=O) groups is 2. The lowest BCUT2D eigenvalue weighted by Crippen LogP contribution is -2.00. The van der Waals surface area contributed by atoms with E-state index in [4.69, 9.17) is 10.2 Å². The van der Waals surface area contributed by atoms with Gasteiger partial charge in [-0.2, -0.15) is 0 Å². The Labute approximate surface area is 136 Å². The average molecular weight is 324 g/mol. The van der Waals surface area contributed by atoms with Crippen molar-refractivity contribution in [2.75, 3.05) is 0 Å². The maximum atomic E-state index is 14.0. The van der Waals surface area contributed by atoms with E-state index in [2.05, 4.69) is 0 Å². The summed E-state index contributed by atoms with van der Waals surface area (Å²) in [6.45, 7) is 0. The predicted octanol–water partition coefficient (Wildman–Crippen LogP) is 4.20. The molecule has 4 nitrogen and oxygen atoms in total. The fourth-order valence-corrected chi connectivity index (χ4v) is 2.64. The van der Waals surface area contributed by atoms with E-state index in [0.717, 1.165) is 43.2 Å². The maximum absolute atomic E-state index is 14.0. The summed E-state index contributed by atoms with van der Waals surface area (Å²) in [5, 5.41) is 17.2. The fraction of sp³-hybridized carbons (Fsp3) is 0.556. The molecular formula is C18H25FO4. The highest BCUT2D eigenvalue weighted by atomic mass is 19.1. The van der Waals surface area contributed by atoms with Crippen molar-refractivity contribution >= 4 is 11.9 Å². The number of hydrogen-bond donors (Lipinski definition) is 2. The normalized spacial score (nSPS) is 10.7. The van der Waals surface area contributed by atoms with Crippen LogP contribution in [-0.2, 0) is 22.4 Å². The number of aryl methyl sites for hydroxylation is 1. The molecule has 0 aliphatic carbocycles. The van der Waals surface area contributed by atoms with E-state index in [0.29, 0.717) is 19.3 Å². The van der Waals surface area contributed by atoms with Crippen molar-refractivity contribution in [2.45, 2.75) is 64.2 Å². The van der Waals surface area contributed by atoms with Gasteiger partial charge in [-0.15, -0.1) is 0 Å². The van der Waals surface area contributed by atoms with Gasteiger partial charge in [0.05, 0.1) is 0 Å². The van der Waals surface area contributed by atoms with Crippen LogP contribution in [0.1, 0.15) is 62.5 Å². The lowest BCUT2D eigenvalue weighted by atomic mass is 9.96. The lowest BCUT2D eigenvalue weighted by molar-refractivity contribution is -0.138. The Bertz CT molecular complexity index is 514. The zero-order chi connectivity index (χ0) is 17.1. The number of hydrogen-bond acceptors (Lipinski definition) is 2. The van der Waals surface area contributed by atoms with Crippen molar-refractivity contribution in [3.8, 4) is 0 Å². The summed E-state index contributed by atoms with van der Waals surface area (Å²) in [6.07, 6.45) is 6.21. The lowest BCUT2D eigenvalue weighted by Gasteiger charge is -2.10. The van der Waals surface area contributed by atoms with Crippen molar-refractivity contribution < 1.29 is 24.2 Å². The van der Waals surface area contributed by atoms with Crippen molar-refractivity contribution in [3.05, 3.63) is 35.1 Å². The second kappa shape index (κ2) is 10.8. The van der Waals surface area contributed by atoms with Gasteiger partial charge in [0.15, 0.2) is 0 Å². The highest BCUT2D eigenvalue weighted by Gasteiger charge is 2.08. The summed E-state index contributed by atoms with van der Waals surface area (Å²) in [4.78, 5) is 20.9. The van der Waals surface area contributed by atoms with E-state index in [9.17, 15) is 14.0 Å². The quantitative estimate of drug-likeness (QED) is 0.565. The van der Waals surface area contributed by atoms with Crippen molar-refractivity contribution in [2.24, 2.45) is 0 Å². The minimum absolute atomic E-state index is 0.160. The number of aliphatic carboxylic acids is 2. The molecule has 0 atom stereocenters. The van der Waals surface area contributed by atoms with Gasteiger partial charge in [0, 0.05) is 12.8 Å². The van der Waals surface area contributed by atoms with Crippen LogP contribution in [0.4, 0.5) is 4.39 Å². The largest absolute Gasteiger partial charge is 0.481 e. The smallest absolute Gasteiger partial charge is 0.303 e. The highest BCUT2D eigenvalue weighted by molar-refractivity contribution is 5.66. The Kier molecular flexibility index (Phi) is 8.95. The Morgan fingerprint density at radius 2 is 1.39 bits per heavy atom. The average Bonchev–Trinajstić information content (AvgIpc) is 2.48. The number of halogens is 1. The van der Waals surface area contributed by atoms with E-state index in [1.165, 1.54) is 6.07 Å². The Balaban J connectivity index is 2.41. The monoisotopic (exact) mass is 324 g/mol. The first-order valence-corrected chi connectivity index (χ1v) is 8.20. The van der Waals surface area contributed by atoms with Crippen LogP contribution in [0.15, 0.2) is 18.2 Å². The zero-order valence-electron chi connectivity index (χ0n) is 13.4. The first kappa shape index (κ1) is 19.1. The van der Waals surface area contributed by atoms with Gasteiger partial charge in [0.1, 0.15) is 5.82 Å². The molecule has 0 spiro atoms. The van der Waals surface area contributed by atoms with Gasteiger partial charge in [-0.05, 0) is 55.7 Å². The summed E-state index contributed by atoms with van der Waals surface area (Å²) in [5.41, 5.74) is 1.71. The molecule has 23 heavy (non-hydrogen) atoms. The number of carboxylic acids is 2. The SMILES string of the molecule is O=C(O)CCCCCc1cccc(F)c1CCCCCC(=O)O. The van der Waals surface area contributed by atoms with E-state index >= 15 is 0 Å². The summed E-state index contributed by atoms with van der Waals surface area (Å²) in [7, 11) is 0. The van der Waals surface area contributed by atoms with Gasteiger partial charge in [-0.25, -0.2) is 4.39 Å². The first-order chi connectivity index (χ1) is 11.0. The molecule has 0 aromatic heterocycles. The number of unbranched alkanes of at least 4 members (excludes halogenated alkanes) is 4. The van der Waals surface area contributed by atoms with E-state index in [-0.39, 0.29) is 18.7 Å². The van der Waals surface area contributed by atoms with Crippen LogP contribution in [0.25, 0.3) is 0 Å². The molecule has 0 saturated carbocycles. The van der Waals surface area contributed by atoms with Gasteiger partial charge < -0.3 is 10.2 Å². The summed E-state index contributed by atoms with van der Waals surface area (Å²) in [5.74, 6) is -1.78. The highest BCUT2D eigenvalue weighted by Crippen LogP contribution is 2.19. The number of benzene rings is 1. The standard InChI is InChI=1S/C18H25FO4/c19-16-11-7-9-14(8-3-1-5-12-17(20)21)15(16)10-4-2-6-13-18(22)23/h7,9,11H,1-6,8,10,12-13H2,(H,20,21)(H,22,23). The first-order valence-electron chi connectivity index (χ1n) is 8.20. The molecular weight excluding hydrogens is 299 g/mol. The van der Waals surface area contributed by atoms with Crippen molar-refractivity contribution in [1.29, 1.82) is 0 Å². The van der Waals surface area contributed by atoms with Gasteiger partial charge in [0.25, 0.3) is 0 Å². The third kappa shape index (κ3) is 8.33. The zero-order valence-corrected chi connectivity index (χ0v) is 13.4. The van der Waals surface area contributed by atoms with E-state index in [1.54, 1.807) is 6.07 Å². The third-order valence-corrected chi connectivity index (χ3v) is 3.87. The van der Waals surface area contributed by atoms with Crippen LogP contribution in [0.2, 0.25) is 0 Å². The van der Waals surface area contributed by atoms with Crippen molar-refractivity contribution in [1.82, 2.24) is 0 Å². The molecule has 0 fully saturated rings. The molecule has 1 aromatic rings. The van der Waals surface area contributed by atoms with Gasteiger partial charge in [-0.3, -0.25) is 9.59 Å². The number of carboxylic acid groups (broad SMARTS) is 2. The van der Waals surface area contributed by atoms with E-state index in [1.807, 2.05) is 6.07 Å². The molecule has 2 N–H and O–H groups in total. The van der Waals surface area contributed by atoms with Crippen LogP contribution in [0, 0.1) is 5.82 Å². The molecule has 0 saturated heterocycles. The summed E-state index contributed by atoms with van der Waals surface area (Å²) >= 11 is 0. The van der Waals surface area contributed by atoms with Crippen LogP contribution >= 0.6 is 0 Å². The Morgan fingerprint density at radius 3 is 1.96 bits per heavy atom. The minimum Gasteiger partial charge on any atom is -0.481 e. The van der Waals surface area contributed by atoms with Gasteiger partial charge in [-0.1, -0.05) is 25.0 Å².